The molecule has 1 N–H and O–H groups in total. The number of amides is 1. The van der Waals surface area contributed by atoms with E-state index in [9.17, 15) is 14.7 Å². The van der Waals surface area contributed by atoms with Gasteiger partial charge in [0.15, 0.2) is 11.4 Å². The van der Waals surface area contributed by atoms with Gasteiger partial charge >= 0.3 is 0 Å². The summed E-state index contributed by atoms with van der Waals surface area (Å²) in [6.45, 7) is 0.386. The molecule has 4 rings (SSSR count). The van der Waals surface area contributed by atoms with Crippen molar-refractivity contribution in [1.82, 2.24) is 4.98 Å². The maximum atomic E-state index is 13.2. The molecular formula is C23H19ClN2O3. The van der Waals surface area contributed by atoms with Crippen LogP contribution in [-0.2, 0) is 16.8 Å². The molecule has 1 amide bonds. The molecule has 1 aromatic heterocycles. The van der Waals surface area contributed by atoms with Crippen LogP contribution >= 0.6 is 11.6 Å². The van der Waals surface area contributed by atoms with Crippen molar-refractivity contribution in [2.75, 3.05) is 11.4 Å². The van der Waals surface area contributed by atoms with Crippen molar-refractivity contribution < 1.29 is 14.7 Å². The first-order chi connectivity index (χ1) is 14.0. The van der Waals surface area contributed by atoms with Gasteiger partial charge in [0.05, 0.1) is 12.1 Å². The molecule has 0 aliphatic carbocycles. The average Bonchev–Trinajstić information content (AvgIpc) is 2.94. The number of benzene rings is 2. The number of carbonyl (C=O) groups is 2. The molecule has 1 aliphatic heterocycles. The number of anilines is 1. The van der Waals surface area contributed by atoms with Gasteiger partial charge in [-0.25, -0.2) is 0 Å². The zero-order valence-corrected chi connectivity index (χ0v) is 16.3. The Hall–Kier alpha value is -3.02. The molecule has 2 aromatic carbocycles. The van der Waals surface area contributed by atoms with Gasteiger partial charge in [-0.3, -0.25) is 14.6 Å². The van der Waals surface area contributed by atoms with Crippen LogP contribution in [0.2, 0.25) is 5.02 Å². The summed E-state index contributed by atoms with van der Waals surface area (Å²) in [5.74, 6) is -0.924. The number of rotatable bonds is 6. The fourth-order valence-electron chi connectivity index (χ4n) is 3.65. The minimum atomic E-state index is -1.97. The van der Waals surface area contributed by atoms with Crippen molar-refractivity contribution in [3.8, 4) is 0 Å². The van der Waals surface area contributed by atoms with Gasteiger partial charge in [0, 0.05) is 23.3 Å². The van der Waals surface area contributed by atoms with Crippen LogP contribution < -0.4 is 4.90 Å². The number of nitrogens with zero attached hydrogens (tertiary/aromatic N) is 2. The topological polar surface area (TPSA) is 70.5 Å². The van der Waals surface area contributed by atoms with Gasteiger partial charge in [0.2, 0.25) is 0 Å². The quantitative estimate of drug-likeness (QED) is 0.632. The van der Waals surface area contributed by atoms with Crippen molar-refractivity contribution in [1.29, 1.82) is 0 Å². The minimum absolute atomic E-state index is 0.208. The number of fused-ring (bicyclic) bond motifs is 1. The van der Waals surface area contributed by atoms with E-state index in [2.05, 4.69) is 4.98 Å². The fraction of sp³-hybridized carbons (Fsp3) is 0.174. The maximum absolute atomic E-state index is 13.2. The van der Waals surface area contributed by atoms with Gasteiger partial charge in [0.25, 0.3) is 5.91 Å². The van der Waals surface area contributed by atoms with Crippen molar-refractivity contribution in [2.24, 2.45) is 0 Å². The molecule has 1 aliphatic rings. The van der Waals surface area contributed by atoms with Crippen LogP contribution in [0, 0.1) is 0 Å². The molecule has 0 saturated heterocycles. The molecule has 29 heavy (non-hydrogen) atoms. The number of carbonyl (C=O) groups excluding carboxylic acids is 2. The average molecular weight is 407 g/mol. The summed E-state index contributed by atoms with van der Waals surface area (Å²) in [5.41, 5.74) is 0.251. The Morgan fingerprint density at radius 2 is 1.83 bits per heavy atom. The van der Waals surface area contributed by atoms with E-state index in [1.165, 1.54) is 11.1 Å². The van der Waals surface area contributed by atoms with Crippen LogP contribution in [0.4, 0.5) is 5.69 Å². The number of aromatic nitrogens is 1. The Morgan fingerprint density at radius 1 is 1.07 bits per heavy atom. The zero-order chi connectivity index (χ0) is 20.4. The lowest BCUT2D eigenvalue weighted by Gasteiger charge is -2.22. The van der Waals surface area contributed by atoms with E-state index >= 15 is 0 Å². The molecule has 6 heteroatoms. The van der Waals surface area contributed by atoms with E-state index in [1.807, 2.05) is 30.3 Å². The van der Waals surface area contributed by atoms with E-state index in [0.717, 1.165) is 5.56 Å². The van der Waals surface area contributed by atoms with Gasteiger partial charge in [-0.15, -0.1) is 0 Å². The van der Waals surface area contributed by atoms with Crippen molar-refractivity contribution in [3.63, 3.8) is 0 Å². The number of ketones is 1. The standard InChI is InChI=1S/C23H19ClN2O3/c24-17-9-10-20-18(14-17)23(29,15-21(27)19-8-4-5-12-25-19)22(28)26(20)13-11-16-6-2-1-3-7-16/h1-10,12,14,29H,11,13,15H2. The molecule has 1 atom stereocenters. The van der Waals surface area contributed by atoms with Gasteiger partial charge in [-0.1, -0.05) is 48.0 Å². The van der Waals surface area contributed by atoms with E-state index in [4.69, 9.17) is 11.6 Å². The fourth-order valence-corrected chi connectivity index (χ4v) is 3.82. The molecule has 2 heterocycles. The highest BCUT2D eigenvalue weighted by Crippen LogP contribution is 2.44. The summed E-state index contributed by atoms with van der Waals surface area (Å²) in [4.78, 5) is 31.5. The predicted octanol–water partition coefficient (Wildman–Crippen LogP) is 3.78. The lowest BCUT2D eigenvalue weighted by Crippen LogP contribution is -2.42. The first kappa shape index (κ1) is 19.3. The lowest BCUT2D eigenvalue weighted by atomic mass is 9.89. The number of pyridine rings is 1. The summed E-state index contributed by atoms with van der Waals surface area (Å²) < 4.78 is 0. The second kappa shape index (κ2) is 7.78. The lowest BCUT2D eigenvalue weighted by molar-refractivity contribution is -0.135. The Kier molecular flexibility index (Phi) is 5.18. The normalized spacial score (nSPS) is 18.0. The molecule has 0 bridgehead atoms. The van der Waals surface area contributed by atoms with Crippen LogP contribution in [0.25, 0.3) is 0 Å². The molecule has 0 spiro atoms. The number of halogens is 1. The molecule has 0 fully saturated rings. The van der Waals surface area contributed by atoms with Crippen LogP contribution in [0.5, 0.6) is 0 Å². The van der Waals surface area contributed by atoms with Crippen LogP contribution in [0.1, 0.15) is 28.0 Å². The number of aliphatic hydroxyl groups is 1. The molecule has 1 unspecified atom stereocenters. The maximum Gasteiger partial charge on any atom is 0.264 e. The molecule has 146 valence electrons. The van der Waals surface area contributed by atoms with Crippen molar-refractivity contribution >= 4 is 29.0 Å². The van der Waals surface area contributed by atoms with Crippen LogP contribution in [0.15, 0.2) is 72.9 Å². The second-order valence-corrected chi connectivity index (χ2v) is 7.47. The van der Waals surface area contributed by atoms with E-state index in [1.54, 1.807) is 36.4 Å². The van der Waals surface area contributed by atoms with Gasteiger partial charge in [-0.2, -0.15) is 0 Å². The summed E-state index contributed by atoms with van der Waals surface area (Å²) in [6.07, 6.45) is 1.74. The number of hydrogen-bond acceptors (Lipinski definition) is 4. The molecule has 5 nitrogen and oxygen atoms in total. The number of Topliss-reactive ketones (excluding diaryl/α,β-unsaturated/α-hetero) is 1. The second-order valence-electron chi connectivity index (χ2n) is 7.03. The van der Waals surface area contributed by atoms with Gasteiger partial charge in [-0.05, 0) is 42.3 Å². The summed E-state index contributed by atoms with van der Waals surface area (Å²) in [6, 6.07) is 19.7. The minimum Gasteiger partial charge on any atom is -0.375 e. The third kappa shape index (κ3) is 3.67. The van der Waals surface area contributed by atoms with Gasteiger partial charge in [0.1, 0.15) is 5.69 Å². The Labute approximate surface area is 173 Å². The molecule has 0 saturated carbocycles. The first-order valence-electron chi connectivity index (χ1n) is 9.31. The Bertz CT molecular complexity index is 1060. The van der Waals surface area contributed by atoms with E-state index < -0.39 is 23.7 Å². The Balaban J connectivity index is 1.65. The highest BCUT2D eigenvalue weighted by atomic mass is 35.5. The van der Waals surface area contributed by atoms with Crippen molar-refractivity contribution in [2.45, 2.75) is 18.4 Å². The zero-order valence-electron chi connectivity index (χ0n) is 15.6. The SMILES string of the molecule is O=C(CC1(O)C(=O)N(CCc2ccccc2)c2ccc(Cl)cc21)c1ccccn1. The number of hydrogen-bond donors (Lipinski definition) is 1. The van der Waals surface area contributed by atoms with E-state index in [-0.39, 0.29) is 5.69 Å². The molecule has 0 radical (unpaired) electrons. The van der Waals surface area contributed by atoms with E-state index in [0.29, 0.717) is 29.2 Å². The monoisotopic (exact) mass is 406 g/mol. The molecule has 3 aromatic rings. The van der Waals surface area contributed by atoms with Crippen LogP contribution in [-0.4, -0.2) is 28.3 Å². The van der Waals surface area contributed by atoms with Crippen molar-refractivity contribution in [3.05, 3.63) is 94.8 Å². The van der Waals surface area contributed by atoms with Crippen LogP contribution in [0.3, 0.4) is 0 Å². The largest absolute Gasteiger partial charge is 0.375 e. The molecular weight excluding hydrogens is 388 g/mol. The smallest absolute Gasteiger partial charge is 0.264 e. The third-order valence-corrected chi connectivity index (χ3v) is 5.36. The summed E-state index contributed by atoms with van der Waals surface area (Å²) >= 11 is 6.13. The summed E-state index contributed by atoms with van der Waals surface area (Å²) in [5, 5.41) is 11.7. The highest BCUT2D eigenvalue weighted by molar-refractivity contribution is 6.31. The Morgan fingerprint density at radius 3 is 2.55 bits per heavy atom. The predicted molar refractivity (Wildman–Crippen MR) is 111 cm³/mol. The van der Waals surface area contributed by atoms with Gasteiger partial charge < -0.3 is 10.0 Å². The first-order valence-corrected chi connectivity index (χ1v) is 9.69. The highest BCUT2D eigenvalue weighted by Gasteiger charge is 2.51. The third-order valence-electron chi connectivity index (χ3n) is 5.13. The summed E-state index contributed by atoms with van der Waals surface area (Å²) in [7, 11) is 0.